The minimum Gasteiger partial charge on any atom is -0.330 e. The Hall–Kier alpha value is -1.04. The first kappa shape index (κ1) is 9.05. The quantitative estimate of drug-likeness (QED) is 0.754. The van der Waals surface area contributed by atoms with Crippen LogP contribution in [0.15, 0.2) is 18.2 Å². The zero-order chi connectivity index (χ0) is 8.97. The van der Waals surface area contributed by atoms with E-state index in [9.17, 15) is 0 Å². The second-order valence-electron chi connectivity index (χ2n) is 2.46. The van der Waals surface area contributed by atoms with Crippen molar-refractivity contribution in [2.45, 2.75) is 6.42 Å². The summed E-state index contributed by atoms with van der Waals surface area (Å²) in [5.74, 6) is 0. The first-order chi connectivity index (χ1) is 5.77. The fourth-order valence-corrected chi connectivity index (χ4v) is 1.22. The number of nitriles is 1. The largest absolute Gasteiger partial charge is 0.330 e. The van der Waals surface area contributed by atoms with Gasteiger partial charge >= 0.3 is 0 Å². The normalized spacial score (nSPS) is 9.42. The Kier molecular flexibility index (Phi) is 3.09. The number of hydrogen-bond acceptors (Lipinski definition) is 2. The molecule has 62 valence electrons. The van der Waals surface area contributed by atoms with Crippen molar-refractivity contribution < 1.29 is 0 Å². The molecule has 0 heterocycles. The average Bonchev–Trinajstić information content (AvgIpc) is 2.05. The molecule has 0 bridgehead atoms. The lowest BCUT2D eigenvalue weighted by molar-refractivity contribution is 0.968. The van der Waals surface area contributed by atoms with E-state index in [0.717, 1.165) is 12.0 Å². The van der Waals surface area contributed by atoms with Gasteiger partial charge in [-0.15, -0.1) is 0 Å². The number of rotatable bonds is 2. The van der Waals surface area contributed by atoms with Crippen LogP contribution >= 0.6 is 11.6 Å². The van der Waals surface area contributed by atoms with Crippen LogP contribution in [0.4, 0.5) is 0 Å². The molecule has 12 heavy (non-hydrogen) atoms. The predicted octanol–water partition coefficient (Wildman–Crippen LogP) is 1.71. The fourth-order valence-electron chi connectivity index (χ4n) is 0.971. The molecule has 0 saturated heterocycles. The van der Waals surface area contributed by atoms with Gasteiger partial charge in [0.25, 0.3) is 0 Å². The van der Waals surface area contributed by atoms with Crippen LogP contribution in [0.1, 0.15) is 11.1 Å². The molecule has 0 radical (unpaired) electrons. The molecule has 1 rings (SSSR count). The van der Waals surface area contributed by atoms with E-state index in [1.807, 2.05) is 12.1 Å². The number of nitrogens with zero attached hydrogens (tertiary/aromatic N) is 1. The van der Waals surface area contributed by atoms with E-state index in [2.05, 4.69) is 0 Å². The fraction of sp³-hybridized carbons (Fsp3) is 0.222. The summed E-state index contributed by atoms with van der Waals surface area (Å²) in [6, 6.07) is 7.37. The Morgan fingerprint density at radius 1 is 1.50 bits per heavy atom. The molecule has 0 fully saturated rings. The van der Waals surface area contributed by atoms with Gasteiger partial charge in [-0.2, -0.15) is 5.26 Å². The number of nitrogens with two attached hydrogens (primary N) is 1. The van der Waals surface area contributed by atoms with Gasteiger partial charge in [0.2, 0.25) is 0 Å². The monoisotopic (exact) mass is 180 g/mol. The van der Waals surface area contributed by atoms with Crippen LogP contribution in [0.2, 0.25) is 5.02 Å². The molecule has 0 aliphatic carbocycles. The first-order valence-electron chi connectivity index (χ1n) is 3.66. The van der Waals surface area contributed by atoms with E-state index < -0.39 is 0 Å². The van der Waals surface area contributed by atoms with E-state index in [0.29, 0.717) is 17.1 Å². The highest BCUT2D eigenvalue weighted by atomic mass is 35.5. The van der Waals surface area contributed by atoms with Crippen molar-refractivity contribution >= 4 is 11.6 Å². The highest BCUT2D eigenvalue weighted by Gasteiger charge is 1.99. The molecule has 2 nitrogen and oxygen atoms in total. The molecule has 0 saturated carbocycles. The molecule has 1 aromatic rings. The predicted molar refractivity (Wildman–Crippen MR) is 48.9 cm³/mol. The van der Waals surface area contributed by atoms with Crippen molar-refractivity contribution in [2.75, 3.05) is 6.54 Å². The summed E-state index contributed by atoms with van der Waals surface area (Å²) in [7, 11) is 0. The maximum atomic E-state index is 8.58. The maximum absolute atomic E-state index is 8.58. The van der Waals surface area contributed by atoms with E-state index in [1.165, 1.54) is 0 Å². The van der Waals surface area contributed by atoms with E-state index in [1.54, 1.807) is 12.1 Å². The van der Waals surface area contributed by atoms with Gasteiger partial charge in [0.1, 0.15) is 6.07 Å². The van der Waals surface area contributed by atoms with Crippen molar-refractivity contribution in [3.63, 3.8) is 0 Å². The minimum absolute atomic E-state index is 0.503. The first-order valence-corrected chi connectivity index (χ1v) is 4.04. The Morgan fingerprint density at radius 2 is 2.25 bits per heavy atom. The second-order valence-corrected chi connectivity index (χ2v) is 2.87. The lowest BCUT2D eigenvalue weighted by atomic mass is 10.1. The van der Waals surface area contributed by atoms with Gasteiger partial charge in [-0.3, -0.25) is 0 Å². The summed E-state index contributed by atoms with van der Waals surface area (Å²) in [5.41, 5.74) is 6.96. The third kappa shape index (κ3) is 1.97. The van der Waals surface area contributed by atoms with Gasteiger partial charge in [-0.1, -0.05) is 17.7 Å². The molecule has 0 amide bonds. The van der Waals surface area contributed by atoms with Crippen molar-refractivity contribution in [3.8, 4) is 6.07 Å². The van der Waals surface area contributed by atoms with Crippen molar-refractivity contribution in [1.82, 2.24) is 0 Å². The van der Waals surface area contributed by atoms with E-state index in [-0.39, 0.29) is 0 Å². The Labute approximate surface area is 76.6 Å². The number of hydrogen-bond donors (Lipinski definition) is 1. The average molecular weight is 181 g/mol. The molecular weight excluding hydrogens is 172 g/mol. The number of benzene rings is 1. The van der Waals surface area contributed by atoms with E-state index in [4.69, 9.17) is 22.6 Å². The zero-order valence-corrected chi connectivity index (χ0v) is 7.30. The second kappa shape index (κ2) is 4.10. The van der Waals surface area contributed by atoms with Gasteiger partial charge in [-0.25, -0.2) is 0 Å². The standard InChI is InChI=1S/C9H9ClN2/c10-9-5-7(3-4-11)1-2-8(9)6-12/h1-2,5H,3-4,11H2. The van der Waals surface area contributed by atoms with Crippen LogP contribution in [0.5, 0.6) is 0 Å². The van der Waals surface area contributed by atoms with Gasteiger partial charge < -0.3 is 5.73 Å². The summed E-state index contributed by atoms with van der Waals surface area (Å²) in [4.78, 5) is 0. The molecule has 2 N–H and O–H groups in total. The zero-order valence-electron chi connectivity index (χ0n) is 6.55. The molecule has 1 aromatic carbocycles. The smallest absolute Gasteiger partial charge is 0.101 e. The molecular formula is C9H9ClN2. The lowest BCUT2D eigenvalue weighted by Gasteiger charge is -1.99. The maximum Gasteiger partial charge on any atom is 0.101 e. The topological polar surface area (TPSA) is 49.8 Å². The van der Waals surface area contributed by atoms with Gasteiger partial charge in [-0.05, 0) is 30.7 Å². The van der Waals surface area contributed by atoms with Gasteiger partial charge in [0.15, 0.2) is 0 Å². The van der Waals surface area contributed by atoms with Crippen LogP contribution in [0.25, 0.3) is 0 Å². The van der Waals surface area contributed by atoms with Gasteiger partial charge in [0, 0.05) is 0 Å². The Morgan fingerprint density at radius 3 is 2.75 bits per heavy atom. The minimum atomic E-state index is 0.503. The molecule has 0 aliphatic rings. The van der Waals surface area contributed by atoms with Crippen LogP contribution in [0.3, 0.4) is 0 Å². The molecule has 0 atom stereocenters. The van der Waals surface area contributed by atoms with Crippen LogP contribution in [-0.4, -0.2) is 6.54 Å². The highest BCUT2D eigenvalue weighted by Crippen LogP contribution is 2.16. The van der Waals surface area contributed by atoms with Crippen molar-refractivity contribution in [1.29, 1.82) is 5.26 Å². The summed E-state index contributed by atoms with van der Waals surface area (Å²) >= 11 is 5.80. The van der Waals surface area contributed by atoms with Crippen molar-refractivity contribution in [3.05, 3.63) is 34.3 Å². The molecule has 0 aromatic heterocycles. The van der Waals surface area contributed by atoms with E-state index >= 15 is 0 Å². The summed E-state index contributed by atoms with van der Waals surface area (Å²) in [6.45, 7) is 0.599. The van der Waals surface area contributed by atoms with Crippen LogP contribution in [-0.2, 0) is 6.42 Å². The summed E-state index contributed by atoms with van der Waals surface area (Å²) in [5, 5.41) is 9.08. The van der Waals surface area contributed by atoms with Gasteiger partial charge in [0.05, 0.1) is 10.6 Å². The third-order valence-corrected chi connectivity index (χ3v) is 1.90. The number of halogens is 1. The molecule has 0 unspecified atom stereocenters. The Bertz CT molecular complexity index is 315. The summed E-state index contributed by atoms with van der Waals surface area (Å²) in [6.07, 6.45) is 0.797. The molecule has 0 spiro atoms. The van der Waals surface area contributed by atoms with Crippen molar-refractivity contribution in [2.24, 2.45) is 5.73 Å². The molecule has 3 heteroatoms. The Balaban J connectivity index is 2.96. The molecule has 0 aliphatic heterocycles. The SMILES string of the molecule is N#Cc1ccc(CCN)cc1Cl. The lowest BCUT2D eigenvalue weighted by Crippen LogP contribution is -2.02. The summed E-state index contributed by atoms with van der Waals surface area (Å²) < 4.78 is 0. The van der Waals surface area contributed by atoms with Crippen LogP contribution < -0.4 is 5.73 Å². The highest BCUT2D eigenvalue weighted by molar-refractivity contribution is 6.31. The third-order valence-electron chi connectivity index (χ3n) is 1.59. The van der Waals surface area contributed by atoms with Crippen LogP contribution in [0, 0.1) is 11.3 Å².